The highest BCUT2D eigenvalue weighted by Gasteiger charge is 2.10. The summed E-state index contributed by atoms with van der Waals surface area (Å²) >= 11 is 1.06. The van der Waals surface area contributed by atoms with E-state index in [2.05, 4.69) is 0 Å². The van der Waals surface area contributed by atoms with E-state index in [1.165, 1.54) is 18.2 Å². The molecule has 1 N–H and O–H groups in total. The fraction of sp³-hybridized carbons (Fsp3) is 0. The van der Waals surface area contributed by atoms with Crippen molar-refractivity contribution in [3.63, 3.8) is 0 Å². The highest BCUT2D eigenvalue weighted by atomic mass is 32.1. The monoisotopic (exact) mass is 195 g/mol. The summed E-state index contributed by atoms with van der Waals surface area (Å²) in [5.41, 5.74) is 0. The minimum atomic E-state index is -0.429. The fourth-order valence-electron chi connectivity index (χ4n) is 1.10. The molecule has 0 aliphatic carbocycles. The standard InChI is InChI=1S/C8H5NO3S/c10-6-2-1-5-3-8(9(11)12)13-7(5)4-6/h1-4,10H. The minimum Gasteiger partial charge on any atom is -0.508 e. The molecule has 66 valence electrons. The van der Waals surface area contributed by atoms with Crippen LogP contribution in [0.15, 0.2) is 24.3 Å². The number of benzene rings is 1. The number of fused-ring (bicyclic) bond motifs is 1. The number of phenolic OH excluding ortho intramolecular Hbond substituents is 1. The largest absolute Gasteiger partial charge is 0.508 e. The number of nitro groups is 1. The molecule has 1 aromatic carbocycles. The summed E-state index contributed by atoms with van der Waals surface area (Å²) in [5, 5.41) is 20.4. The predicted octanol–water partition coefficient (Wildman–Crippen LogP) is 2.52. The summed E-state index contributed by atoms with van der Waals surface area (Å²) in [6.07, 6.45) is 0. The normalized spacial score (nSPS) is 10.5. The summed E-state index contributed by atoms with van der Waals surface area (Å²) in [4.78, 5) is 9.98. The molecule has 0 bridgehead atoms. The molecule has 5 heteroatoms. The molecule has 2 aromatic rings. The number of rotatable bonds is 1. The van der Waals surface area contributed by atoms with Gasteiger partial charge in [0.15, 0.2) is 0 Å². The Labute approximate surface area is 77.2 Å². The highest BCUT2D eigenvalue weighted by molar-refractivity contribution is 7.22. The average molecular weight is 195 g/mol. The van der Waals surface area contributed by atoms with Crippen molar-refractivity contribution in [3.8, 4) is 5.75 Å². The third-order valence-corrected chi connectivity index (χ3v) is 2.72. The van der Waals surface area contributed by atoms with Crippen molar-refractivity contribution in [1.82, 2.24) is 0 Å². The molecule has 0 spiro atoms. The SMILES string of the molecule is O=[N+]([O-])c1cc2ccc(O)cc2s1. The molecule has 4 nitrogen and oxygen atoms in total. The molecule has 0 unspecified atom stereocenters. The topological polar surface area (TPSA) is 63.4 Å². The Morgan fingerprint density at radius 3 is 2.85 bits per heavy atom. The van der Waals surface area contributed by atoms with E-state index in [0.29, 0.717) is 0 Å². The van der Waals surface area contributed by atoms with Crippen LogP contribution in [0.3, 0.4) is 0 Å². The van der Waals surface area contributed by atoms with Crippen molar-refractivity contribution >= 4 is 26.4 Å². The van der Waals surface area contributed by atoms with Crippen molar-refractivity contribution in [3.05, 3.63) is 34.4 Å². The second-order valence-electron chi connectivity index (χ2n) is 2.56. The molecule has 0 aliphatic rings. The zero-order chi connectivity index (χ0) is 9.42. The first kappa shape index (κ1) is 8.00. The number of nitrogens with zero attached hydrogens (tertiary/aromatic N) is 1. The van der Waals surface area contributed by atoms with E-state index in [1.54, 1.807) is 6.07 Å². The van der Waals surface area contributed by atoms with Gasteiger partial charge in [-0.2, -0.15) is 0 Å². The Morgan fingerprint density at radius 1 is 1.38 bits per heavy atom. The van der Waals surface area contributed by atoms with Crippen molar-refractivity contribution < 1.29 is 10.0 Å². The van der Waals surface area contributed by atoms with E-state index in [0.717, 1.165) is 21.4 Å². The van der Waals surface area contributed by atoms with Gasteiger partial charge in [0.05, 0.1) is 4.92 Å². The maximum atomic E-state index is 10.4. The van der Waals surface area contributed by atoms with Crippen LogP contribution < -0.4 is 0 Å². The van der Waals surface area contributed by atoms with Crippen molar-refractivity contribution in [2.45, 2.75) is 0 Å². The zero-order valence-electron chi connectivity index (χ0n) is 6.43. The summed E-state index contributed by atoms with van der Waals surface area (Å²) in [7, 11) is 0. The Morgan fingerprint density at radius 2 is 2.15 bits per heavy atom. The van der Waals surface area contributed by atoms with E-state index < -0.39 is 4.92 Å². The van der Waals surface area contributed by atoms with Gasteiger partial charge in [0, 0.05) is 10.8 Å². The molecule has 1 heterocycles. The molecule has 0 amide bonds. The average Bonchev–Trinajstić information content (AvgIpc) is 2.46. The third-order valence-electron chi connectivity index (χ3n) is 1.67. The molecule has 1 aromatic heterocycles. The summed E-state index contributed by atoms with van der Waals surface area (Å²) in [6.45, 7) is 0. The van der Waals surface area contributed by atoms with Crippen LogP contribution in [0.1, 0.15) is 0 Å². The van der Waals surface area contributed by atoms with E-state index >= 15 is 0 Å². The van der Waals surface area contributed by atoms with Crippen molar-refractivity contribution in [1.29, 1.82) is 0 Å². The lowest BCUT2D eigenvalue weighted by molar-refractivity contribution is -0.380. The number of hydrogen-bond acceptors (Lipinski definition) is 4. The minimum absolute atomic E-state index is 0.0978. The fourth-order valence-corrected chi connectivity index (χ4v) is 2.01. The Kier molecular flexibility index (Phi) is 1.66. The Bertz CT molecular complexity index is 477. The van der Waals surface area contributed by atoms with Gasteiger partial charge in [0.25, 0.3) is 0 Å². The van der Waals surface area contributed by atoms with Crippen LogP contribution in [0.5, 0.6) is 5.75 Å². The molecule has 0 atom stereocenters. The van der Waals surface area contributed by atoms with E-state index in [9.17, 15) is 10.1 Å². The maximum absolute atomic E-state index is 10.4. The van der Waals surface area contributed by atoms with Crippen LogP contribution in [-0.4, -0.2) is 10.0 Å². The summed E-state index contributed by atoms with van der Waals surface area (Å²) in [6, 6.07) is 6.19. The number of aromatic hydroxyl groups is 1. The summed E-state index contributed by atoms with van der Waals surface area (Å²) < 4.78 is 0.728. The van der Waals surface area contributed by atoms with Gasteiger partial charge in [-0.25, -0.2) is 0 Å². The lowest BCUT2D eigenvalue weighted by Gasteiger charge is -1.88. The van der Waals surface area contributed by atoms with Gasteiger partial charge in [0.2, 0.25) is 0 Å². The first-order chi connectivity index (χ1) is 6.16. The first-order valence-electron chi connectivity index (χ1n) is 3.54. The number of hydrogen-bond donors (Lipinski definition) is 1. The first-order valence-corrected chi connectivity index (χ1v) is 4.35. The van der Waals surface area contributed by atoms with E-state index in [4.69, 9.17) is 5.11 Å². The van der Waals surface area contributed by atoms with Gasteiger partial charge in [-0.05, 0) is 23.6 Å². The molecule has 0 saturated carbocycles. The quantitative estimate of drug-likeness (QED) is 0.561. The van der Waals surface area contributed by atoms with Gasteiger partial charge >= 0.3 is 5.00 Å². The van der Waals surface area contributed by atoms with Crippen LogP contribution >= 0.6 is 11.3 Å². The summed E-state index contributed by atoms with van der Waals surface area (Å²) in [5.74, 6) is 0.129. The molecular weight excluding hydrogens is 190 g/mol. The molecule has 2 rings (SSSR count). The van der Waals surface area contributed by atoms with E-state index in [-0.39, 0.29) is 10.8 Å². The Balaban J connectivity index is 2.68. The second-order valence-corrected chi connectivity index (χ2v) is 3.63. The van der Waals surface area contributed by atoms with Gasteiger partial charge in [-0.1, -0.05) is 11.3 Å². The van der Waals surface area contributed by atoms with Crippen LogP contribution in [0.2, 0.25) is 0 Å². The van der Waals surface area contributed by atoms with Crippen LogP contribution in [0, 0.1) is 10.1 Å². The van der Waals surface area contributed by atoms with Crippen LogP contribution in [-0.2, 0) is 0 Å². The predicted molar refractivity (Wildman–Crippen MR) is 50.1 cm³/mol. The van der Waals surface area contributed by atoms with Crippen molar-refractivity contribution in [2.24, 2.45) is 0 Å². The van der Waals surface area contributed by atoms with E-state index in [1.807, 2.05) is 0 Å². The smallest absolute Gasteiger partial charge is 0.325 e. The van der Waals surface area contributed by atoms with Gasteiger partial charge < -0.3 is 5.11 Å². The molecular formula is C8H5NO3S. The third kappa shape index (κ3) is 1.33. The lowest BCUT2D eigenvalue weighted by atomic mass is 10.2. The van der Waals surface area contributed by atoms with Gasteiger partial charge in [-0.15, -0.1) is 0 Å². The molecule has 13 heavy (non-hydrogen) atoms. The van der Waals surface area contributed by atoms with Gasteiger partial charge in [0.1, 0.15) is 5.75 Å². The molecule has 0 aliphatic heterocycles. The highest BCUT2D eigenvalue weighted by Crippen LogP contribution is 2.33. The number of thiophene rings is 1. The Hall–Kier alpha value is -1.62. The van der Waals surface area contributed by atoms with Gasteiger partial charge in [-0.3, -0.25) is 10.1 Å². The zero-order valence-corrected chi connectivity index (χ0v) is 7.25. The lowest BCUT2D eigenvalue weighted by Crippen LogP contribution is -1.80. The number of phenols is 1. The molecule has 0 saturated heterocycles. The molecule has 0 fully saturated rings. The van der Waals surface area contributed by atoms with Crippen LogP contribution in [0.4, 0.5) is 5.00 Å². The van der Waals surface area contributed by atoms with Crippen molar-refractivity contribution in [2.75, 3.05) is 0 Å². The second kappa shape index (κ2) is 2.70. The van der Waals surface area contributed by atoms with Crippen LogP contribution in [0.25, 0.3) is 10.1 Å². The maximum Gasteiger partial charge on any atom is 0.325 e. The molecule has 0 radical (unpaired) electrons.